The van der Waals surface area contributed by atoms with Gasteiger partial charge in [-0.1, -0.05) is 20.8 Å². The molecule has 2 aromatic rings. The molecule has 0 N–H and O–H groups in total. The lowest BCUT2D eigenvalue weighted by molar-refractivity contribution is 0.575. The SMILES string of the molecule is Cc1csc2c(C(C)(C)C)ncnc12. The van der Waals surface area contributed by atoms with Gasteiger partial charge in [0.15, 0.2) is 0 Å². The van der Waals surface area contributed by atoms with E-state index in [1.54, 1.807) is 17.7 Å². The van der Waals surface area contributed by atoms with Crippen LogP contribution in [0.15, 0.2) is 11.7 Å². The Hall–Kier alpha value is -0.960. The van der Waals surface area contributed by atoms with E-state index < -0.39 is 0 Å². The fraction of sp³-hybridized carbons (Fsp3) is 0.455. The average molecular weight is 206 g/mol. The lowest BCUT2D eigenvalue weighted by Gasteiger charge is -2.17. The molecule has 2 rings (SSSR count). The number of rotatable bonds is 0. The normalized spacial score (nSPS) is 12.3. The summed E-state index contributed by atoms with van der Waals surface area (Å²) in [5, 5.41) is 2.15. The predicted octanol–water partition coefficient (Wildman–Crippen LogP) is 3.30. The van der Waals surface area contributed by atoms with E-state index in [4.69, 9.17) is 0 Å². The first-order valence-corrected chi connectivity index (χ1v) is 5.57. The summed E-state index contributed by atoms with van der Waals surface area (Å²) in [6.45, 7) is 8.65. The van der Waals surface area contributed by atoms with Gasteiger partial charge in [0.1, 0.15) is 6.33 Å². The van der Waals surface area contributed by atoms with Gasteiger partial charge in [-0.15, -0.1) is 11.3 Å². The zero-order chi connectivity index (χ0) is 10.3. The number of hydrogen-bond donors (Lipinski definition) is 0. The van der Waals surface area contributed by atoms with E-state index in [1.807, 2.05) is 0 Å². The molecule has 0 atom stereocenters. The highest BCUT2D eigenvalue weighted by molar-refractivity contribution is 7.17. The molecule has 0 radical (unpaired) electrons. The highest BCUT2D eigenvalue weighted by Crippen LogP contribution is 2.32. The van der Waals surface area contributed by atoms with Crippen molar-refractivity contribution in [3.05, 3.63) is 23.0 Å². The van der Waals surface area contributed by atoms with Crippen molar-refractivity contribution in [2.24, 2.45) is 0 Å². The highest BCUT2D eigenvalue weighted by Gasteiger charge is 2.20. The van der Waals surface area contributed by atoms with Crippen LogP contribution in [0.3, 0.4) is 0 Å². The number of fused-ring (bicyclic) bond motifs is 1. The topological polar surface area (TPSA) is 25.8 Å². The first-order valence-electron chi connectivity index (χ1n) is 4.69. The lowest BCUT2D eigenvalue weighted by atomic mass is 9.91. The Labute approximate surface area is 88.0 Å². The third kappa shape index (κ3) is 1.42. The monoisotopic (exact) mass is 206 g/mol. The second-order valence-corrected chi connectivity index (χ2v) is 5.45. The van der Waals surface area contributed by atoms with Gasteiger partial charge in [0.2, 0.25) is 0 Å². The summed E-state index contributed by atoms with van der Waals surface area (Å²) in [6, 6.07) is 0. The number of aryl methyl sites for hydroxylation is 1. The second-order valence-electron chi connectivity index (χ2n) is 4.57. The molecule has 0 spiro atoms. The summed E-state index contributed by atoms with van der Waals surface area (Å²) < 4.78 is 1.23. The first kappa shape index (κ1) is 9.59. The summed E-state index contributed by atoms with van der Waals surface area (Å²) in [6.07, 6.45) is 1.67. The lowest BCUT2D eigenvalue weighted by Crippen LogP contribution is -2.13. The smallest absolute Gasteiger partial charge is 0.116 e. The Balaban J connectivity index is 2.79. The Bertz CT molecular complexity index is 466. The largest absolute Gasteiger partial charge is 0.239 e. The third-order valence-corrected chi connectivity index (χ3v) is 3.34. The van der Waals surface area contributed by atoms with Crippen molar-refractivity contribution in [2.45, 2.75) is 33.1 Å². The molecule has 0 aliphatic carbocycles. The van der Waals surface area contributed by atoms with Gasteiger partial charge in [0.25, 0.3) is 0 Å². The van der Waals surface area contributed by atoms with Crippen LogP contribution in [-0.2, 0) is 5.41 Å². The number of hydrogen-bond acceptors (Lipinski definition) is 3. The van der Waals surface area contributed by atoms with E-state index in [1.165, 1.54) is 10.3 Å². The molecule has 14 heavy (non-hydrogen) atoms. The Morgan fingerprint density at radius 1 is 1.21 bits per heavy atom. The van der Waals surface area contributed by atoms with Gasteiger partial charge in [0.05, 0.1) is 15.9 Å². The molecule has 2 aromatic heterocycles. The summed E-state index contributed by atoms with van der Waals surface area (Å²) >= 11 is 1.74. The van der Waals surface area contributed by atoms with Gasteiger partial charge < -0.3 is 0 Å². The van der Waals surface area contributed by atoms with Crippen LogP contribution in [0.4, 0.5) is 0 Å². The van der Waals surface area contributed by atoms with Crippen LogP contribution in [0.2, 0.25) is 0 Å². The maximum atomic E-state index is 4.39. The van der Waals surface area contributed by atoms with Gasteiger partial charge >= 0.3 is 0 Å². The van der Waals surface area contributed by atoms with Gasteiger partial charge in [-0.2, -0.15) is 0 Å². The zero-order valence-corrected chi connectivity index (χ0v) is 9.77. The van der Waals surface area contributed by atoms with E-state index in [-0.39, 0.29) is 5.41 Å². The van der Waals surface area contributed by atoms with Crippen LogP contribution in [0.1, 0.15) is 32.0 Å². The van der Waals surface area contributed by atoms with E-state index in [0.717, 1.165) is 11.2 Å². The van der Waals surface area contributed by atoms with E-state index in [0.29, 0.717) is 0 Å². The fourth-order valence-electron chi connectivity index (χ4n) is 1.50. The van der Waals surface area contributed by atoms with Crippen LogP contribution in [-0.4, -0.2) is 9.97 Å². The minimum atomic E-state index is 0.0957. The van der Waals surface area contributed by atoms with Crippen molar-refractivity contribution in [3.63, 3.8) is 0 Å². The molecular weight excluding hydrogens is 192 g/mol. The molecule has 0 aliphatic heterocycles. The molecule has 0 saturated carbocycles. The number of nitrogens with zero attached hydrogens (tertiary/aromatic N) is 2. The molecule has 0 fully saturated rings. The maximum absolute atomic E-state index is 4.39. The summed E-state index contributed by atoms with van der Waals surface area (Å²) in [5.41, 5.74) is 3.60. The maximum Gasteiger partial charge on any atom is 0.116 e. The first-order chi connectivity index (χ1) is 6.50. The molecule has 74 valence electrons. The minimum absolute atomic E-state index is 0.0957. The minimum Gasteiger partial charge on any atom is -0.239 e. The molecule has 2 heterocycles. The second kappa shape index (κ2) is 3.02. The van der Waals surface area contributed by atoms with Crippen LogP contribution in [0.25, 0.3) is 10.2 Å². The van der Waals surface area contributed by atoms with E-state index >= 15 is 0 Å². The van der Waals surface area contributed by atoms with Crippen LogP contribution >= 0.6 is 11.3 Å². The summed E-state index contributed by atoms with van der Waals surface area (Å²) in [7, 11) is 0. The highest BCUT2D eigenvalue weighted by atomic mass is 32.1. The van der Waals surface area contributed by atoms with Gasteiger partial charge in [-0.05, 0) is 17.9 Å². The Kier molecular flexibility index (Phi) is 2.07. The van der Waals surface area contributed by atoms with E-state index in [9.17, 15) is 0 Å². The summed E-state index contributed by atoms with van der Waals surface area (Å²) in [5.74, 6) is 0. The molecule has 2 nitrogen and oxygen atoms in total. The van der Waals surface area contributed by atoms with Gasteiger partial charge in [-0.3, -0.25) is 0 Å². The van der Waals surface area contributed by atoms with Crippen molar-refractivity contribution < 1.29 is 0 Å². The molecular formula is C11H14N2S. The van der Waals surface area contributed by atoms with Gasteiger partial charge in [-0.25, -0.2) is 9.97 Å². The van der Waals surface area contributed by atoms with Crippen molar-refractivity contribution in [2.75, 3.05) is 0 Å². The van der Waals surface area contributed by atoms with Crippen LogP contribution < -0.4 is 0 Å². The number of aromatic nitrogens is 2. The van der Waals surface area contributed by atoms with Crippen molar-refractivity contribution in [1.29, 1.82) is 0 Å². The number of thiophene rings is 1. The van der Waals surface area contributed by atoms with Gasteiger partial charge in [0, 0.05) is 5.41 Å². The Morgan fingerprint density at radius 3 is 2.57 bits per heavy atom. The average Bonchev–Trinajstić information content (AvgIpc) is 2.46. The molecule has 0 aromatic carbocycles. The van der Waals surface area contributed by atoms with Crippen LogP contribution in [0, 0.1) is 6.92 Å². The predicted molar refractivity (Wildman–Crippen MR) is 60.9 cm³/mol. The van der Waals surface area contributed by atoms with Crippen molar-refractivity contribution >= 4 is 21.6 Å². The molecule has 0 amide bonds. The zero-order valence-electron chi connectivity index (χ0n) is 8.96. The molecule has 0 aliphatic rings. The standard InChI is InChI=1S/C11H14N2S/c1-7-5-14-9-8(7)12-6-13-10(9)11(2,3)4/h5-6H,1-4H3. The third-order valence-electron chi connectivity index (χ3n) is 2.24. The summed E-state index contributed by atoms with van der Waals surface area (Å²) in [4.78, 5) is 8.70. The quantitative estimate of drug-likeness (QED) is 0.661. The van der Waals surface area contributed by atoms with Crippen LogP contribution in [0.5, 0.6) is 0 Å². The molecule has 3 heteroatoms. The molecule has 0 saturated heterocycles. The van der Waals surface area contributed by atoms with Crippen molar-refractivity contribution in [3.8, 4) is 0 Å². The molecule has 0 bridgehead atoms. The van der Waals surface area contributed by atoms with Crippen molar-refractivity contribution in [1.82, 2.24) is 9.97 Å². The molecule has 0 unspecified atom stereocenters. The van der Waals surface area contributed by atoms with E-state index in [2.05, 4.69) is 43.0 Å². The fourth-order valence-corrected chi connectivity index (χ4v) is 2.71. The Morgan fingerprint density at radius 2 is 1.93 bits per heavy atom.